The van der Waals surface area contributed by atoms with Gasteiger partial charge < -0.3 is 8.85 Å². The average Bonchev–Trinajstić information content (AvgIpc) is 2.03. The summed E-state index contributed by atoms with van der Waals surface area (Å²) < 4.78 is 10.4. The Labute approximate surface area is 71.1 Å². The van der Waals surface area contributed by atoms with E-state index in [1.165, 1.54) is 12.8 Å². The maximum absolute atomic E-state index is 5.18. The van der Waals surface area contributed by atoms with E-state index in [-0.39, 0.29) is 0 Å². The van der Waals surface area contributed by atoms with Gasteiger partial charge in [0.05, 0.1) is 0 Å². The Morgan fingerprint density at radius 1 is 1.36 bits per heavy atom. The molecule has 66 valence electrons. The molecule has 0 aromatic heterocycles. The normalized spacial score (nSPS) is 10.5. The molecule has 0 amide bonds. The van der Waals surface area contributed by atoms with E-state index in [9.17, 15) is 0 Å². The Hall–Kier alpha value is -0.123. The minimum atomic E-state index is -1.51. The molecule has 11 heavy (non-hydrogen) atoms. The molecule has 0 N–H and O–H groups in total. The molecule has 0 atom stereocenters. The van der Waals surface area contributed by atoms with Crippen LogP contribution < -0.4 is 0 Å². The molecule has 2 nitrogen and oxygen atoms in total. The molecule has 0 heterocycles. The predicted octanol–water partition coefficient (Wildman–Crippen LogP) is 1.79. The van der Waals surface area contributed by atoms with Crippen LogP contribution >= 0.6 is 0 Å². The van der Waals surface area contributed by atoms with Crippen LogP contribution in [0.15, 0.2) is 11.8 Å². The van der Waals surface area contributed by atoms with Gasteiger partial charge >= 0.3 is 9.28 Å². The predicted molar refractivity (Wildman–Crippen MR) is 49.8 cm³/mol. The summed E-state index contributed by atoms with van der Waals surface area (Å²) in [5.41, 5.74) is 0. The van der Waals surface area contributed by atoms with E-state index < -0.39 is 9.28 Å². The highest BCUT2D eigenvalue weighted by molar-refractivity contribution is 6.53. The first-order valence-corrected chi connectivity index (χ1v) is 5.51. The number of allylic oxidation sites excluding steroid dienone is 1. The van der Waals surface area contributed by atoms with Gasteiger partial charge in [-0.25, -0.2) is 0 Å². The van der Waals surface area contributed by atoms with Crippen molar-refractivity contribution in [2.24, 2.45) is 0 Å². The highest BCUT2D eigenvalue weighted by atomic mass is 28.3. The zero-order chi connectivity index (χ0) is 8.69. The summed E-state index contributed by atoms with van der Waals surface area (Å²) in [7, 11) is 1.87. The molecule has 0 radical (unpaired) electrons. The highest BCUT2D eigenvalue weighted by Gasteiger charge is 2.12. The maximum atomic E-state index is 5.18. The lowest BCUT2D eigenvalue weighted by molar-refractivity contribution is 0.285. The third-order valence-electron chi connectivity index (χ3n) is 1.61. The summed E-state index contributed by atoms with van der Waals surface area (Å²) in [5, 5.41) is 1.16. The number of unbranched alkanes of at least 4 members (excludes halogenated alkanes) is 1. The van der Waals surface area contributed by atoms with Crippen molar-refractivity contribution < 1.29 is 8.85 Å². The summed E-state index contributed by atoms with van der Waals surface area (Å²) in [4.78, 5) is 0. The Bertz CT molecular complexity index is 111. The van der Waals surface area contributed by atoms with Gasteiger partial charge in [-0.2, -0.15) is 0 Å². The second-order valence-corrected chi connectivity index (χ2v) is 4.99. The molecule has 0 fully saturated rings. The third kappa shape index (κ3) is 4.34. The molecule has 0 aliphatic carbocycles. The van der Waals surface area contributed by atoms with E-state index in [4.69, 9.17) is 8.85 Å². The summed E-state index contributed by atoms with van der Waals surface area (Å²) in [5.74, 6) is 0. The van der Waals surface area contributed by atoms with Gasteiger partial charge in [-0.1, -0.05) is 26.3 Å². The van der Waals surface area contributed by atoms with Gasteiger partial charge in [-0.15, -0.1) is 0 Å². The van der Waals surface area contributed by atoms with Crippen LogP contribution in [-0.4, -0.2) is 23.5 Å². The average molecular weight is 174 g/mol. The molecule has 0 aromatic carbocycles. The molecular weight excluding hydrogens is 156 g/mol. The van der Waals surface area contributed by atoms with Crippen molar-refractivity contribution in [1.82, 2.24) is 0 Å². The molecule has 0 saturated carbocycles. The monoisotopic (exact) mass is 174 g/mol. The minimum absolute atomic E-state index is 1.05. The summed E-state index contributed by atoms with van der Waals surface area (Å²) >= 11 is 0. The van der Waals surface area contributed by atoms with Crippen molar-refractivity contribution in [3.8, 4) is 0 Å². The highest BCUT2D eigenvalue weighted by Crippen LogP contribution is 2.09. The van der Waals surface area contributed by atoms with Crippen LogP contribution in [0.4, 0.5) is 0 Å². The standard InChI is InChI=1S/C8H18O2Si/c1-5-6-7-8(2)11(9-3)10-4/h11H,2,5-7H2,1,3-4H3. The molecule has 0 rings (SSSR count). The first-order chi connectivity index (χ1) is 5.26. The lowest BCUT2D eigenvalue weighted by Gasteiger charge is -2.12. The molecule has 0 bridgehead atoms. The number of hydrogen-bond acceptors (Lipinski definition) is 2. The van der Waals surface area contributed by atoms with E-state index in [0.717, 1.165) is 11.6 Å². The zero-order valence-electron chi connectivity index (χ0n) is 7.72. The number of rotatable bonds is 6. The van der Waals surface area contributed by atoms with Gasteiger partial charge in [0, 0.05) is 14.2 Å². The van der Waals surface area contributed by atoms with Gasteiger partial charge in [0.15, 0.2) is 0 Å². The Morgan fingerprint density at radius 2 is 1.91 bits per heavy atom. The van der Waals surface area contributed by atoms with Crippen LogP contribution in [0.3, 0.4) is 0 Å². The van der Waals surface area contributed by atoms with Gasteiger partial charge in [-0.3, -0.25) is 0 Å². The molecule has 0 aromatic rings. The fraction of sp³-hybridized carbons (Fsp3) is 0.750. The summed E-state index contributed by atoms with van der Waals surface area (Å²) in [6, 6.07) is 0. The fourth-order valence-corrected chi connectivity index (χ4v) is 2.25. The van der Waals surface area contributed by atoms with Crippen molar-refractivity contribution in [1.29, 1.82) is 0 Å². The number of hydrogen-bond donors (Lipinski definition) is 0. The van der Waals surface area contributed by atoms with Crippen molar-refractivity contribution in [3.05, 3.63) is 11.8 Å². The SMILES string of the molecule is C=C(CCCC)[SiH](OC)OC. The van der Waals surface area contributed by atoms with E-state index in [2.05, 4.69) is 13.5 Å². The minimum Gasteiger partial charge on any atom is -0.397 e. The largest absolute Gasteiger partial charge is 0.397 e. The Morgan fingerprint density at radius 3 is 2.27 bits per heavy atom. The van der Waals surface area contributed by atoms with E-state index in [0.29, 0.717) is 0 Å². The van der Waals surface area contributed by atoms with Crippen LogP contribution in [0, 0.1) is 0 Å². The molecular formula is C8H18O2Si. The Kier molecular flexibility index (Phi) is 6.50. The van der Waals surface area contributed by atoms with Crippen LogP contribution in [0.1, 0.15) is 26.2 Å². The van der Waals surface area contributed by atoms with Crippen LogP contribution in [0.25, 0.3) is 0 Å². The van der Waals surface area contributed by atoms with Crippen molar-refractivity contribution in [3.63, 3.8) is 0 Å². The van der Waals surface area contributed by atoms with Gasteiger partial charge in [0.2, 0.25) is 0 Å². The van der Waals surface area contributed by atoms with E-state index in [1.807, 2.05) is 0 Å². The molecule has 0 spiro atoms. The zero-order valence-corrected chi connectivity index (χ0v) is 8.88. The van der Waals surface area contributed by atoms with E-state index in [1.54, 1.807) is 14.2 Å². The Balaban J connectivity index is 3.61. The smallest absolute Gasteiger partial charge is 0.350 e. The molecule has 0 saturated heterocycles. The van der Waals surface area contributed by atoms with Gasteiger partial charge in [-0.05, 0) is 11.6 Å². The maximum Gasteiger partial charge on any atom is 0.350 e. The van der Waals surface area contributed by atoms with Crippen molar-refractivity contribution >= 4 is 9.28 Å². The summed E-state index contributed by atoms with van der Waals surface area (Å²) in [6.45, 7) is 6.12. The second-order valence-electron chi connectivity index (χ2n) is 2.57. The fourth-order valence-electron chi connectivity index (χ4n) is 0.951. The van der Waals surface area contributed by atoms with Gasteiger partial charge in [0.25, 0.3) is 0 Å². The van der Waals surface area contributed by atoms with Crippen molar-refractivity contribution in [2.45, 2.75) is 26.2 Å². The van der Waals surface area contributed by atoms with Crippen LogP contribution in [-0.2, 0) is 8.85 Å². The summed E-state index contributed by atoms with van der Waals surface area (Å²) in [6.07, 6.45) is 3.44. The lowest BCUT2D eigenvalue weighted by Crippen LogP contribution is -2.21. The topological polar surface area (TPSA) is 18.5 Å². The second kappa shape index (κ2) is 6.58. The lowest BCUT2D eigenvalue weighted by atomic mass is 10.2. The van der Waals surface area contributed by atoms with E-state index >= 15 is 0 Å². The first kappa shape index (κ1) is 10.9. The molecule has 0 aliphatic heterocycles. The van der Waals surface area contributed by atoms with Crippen LogP contribution in [0.5, 0.6) is 0 Å². The third-order valence-corrected chi connectivity index (χ3v) is 3.42. The van der Waals surface area contributed by atoms with Crippen molar-refractivity contribution in [2.75, 3.05) is 14.2 Å². The van der Waals surface area contributed by atoms with Crippen LogP contribution in [0.2, 0.25) is 0 Å². The molecule has 3 heteroatoms. The van der Waals surface area contributed by atoms with Gasteiger partial charge in [0.1, 0.15) is 0 Å². The molecule has 0 unspecified atom stereocenters. The quantitative estimate of drug-likeness (QED) is 0.572. The first-order valence-electron chi connectivity index (χ1n) is 3.99. The molecule has 0 aliphatic rings.